The van der Waals surface area contributed by atoms with E-state index in [2.05, 4.69) is 0 Å². The van der Waals surface area contributed by atoms with Gasteiger partial charge in [0.1, 0.15) is 25.8 Å². The maximum Gasteiger partial charge on any atom is 0.344 e. The number of hydrogen-bond acceptors (Lipinski definition) is 14. The lowest BCUT2D eigenvalue weighted by Gasteiger charge is -2.35. The van der Waals surface area contributed by atoms with Crippen LogP contribution in [0.5, 0.6) is 0 Å². The van der Waals surface area contributed by atoms with E-state index in [-0.39, 0.29) is 77.2 Å². The Hall–Kier alpha value is -2.48. The smallest absolute Gasteiger partial charge is 0.344 e. The lowest BCUT2D eigenvalue weighted by molar-refractivity contribution is -0.147. The molecule has 0 N–H and O–H groups in total. The van der Waals surface area contributed by atoms with E-state index in [4.69, 9.17) is 27.6 Å². The van der Waals surface area contributed by atoms with Gasteiger partial charge in [0.15, 0.2) is 0 Å². The Bertz CT molecular complexity index is 1270. The summed E-state index contributed by atoms with van der Waals surface area (Å²) in [6, 6.07) is 19.0. The van der Waals surface area contributed by atoms with Gasteiger partial charge < -0.3 is 27.6 Å². The Morgan fingerprint density at radius 3 is 1.08 bits per heavy atom. The van der Waals surface area contributed by atoms with Crippen molar-refractivity contribution in [3.8, 4) is 0 Å². The minimum absolute atomic E-state index is 0.0249. The van der Waals surface area contributed by atoms with E-state index in [1.54, 1.807) is 27.7 Å². The summed E-state index contributed by atoms with van der Waals surface area (Å²) in [4.78, 5) is 34.1. The SMILES string of the molecule is CCOP(=O)(CN1CCN(CC(=O)OCc2ccccc2)CCN(CP(=O)(OCC)OCC)CCN(CC(=O)OCc2ccccc2)CC1)OCC. The maximum atomic E-state index is 13.7. The second-order valence-electron chi connectivity index (χ2n) is 12.3. The van der Waals surface area contributed by atoms with E-state index in [0.717, 1.165) is 11.1 Å². The van der Waals surface area contributed by atoms with E-state index in [9.17, 15) is 18.7 Å². The molecule has 0 saturated carbocycles. The molecule has 0 spiro atoms. The van der Waals surface area contributed by atoms with Crippen LogP contribution in [0.25, 0.3) is 0 Å². The van der Waals surface area contributed by atoms with Gasteiger partial charge in [-0.05, 0) is 38.8 Å². The molecule has 0 amide bonds. The van der Waals surface area contributed by atoms with Crippen molar-refractivity contribution in [2.75, 3.05) is 104 Å². The number of ether oxygens (including phenoxy) is 2. The fourth-order valence-electron chi connectivity index (χ4n) is 5.62. The molecule has 3 rings (SSSR count). The first-order valence-electron chi connectivity index (χ1n) is 18.1. The van der Waals surface area contributed by atoms with E-state index >= 15 is 0 Å². The van der Waals surface area contributed by atoms with Crippen molar-refractivity contribution >= 4 is 27.1 Å². The molecule has 1 saturated heterocycles. The van der Waals surface area contributed by atoms with Crippen LogP contribution < -0.4 is 0 Å². The molecule has 2 aromatic rings. The molecule has 2 aromatic carbocycles. The van der Waals surface area contributed by atoms with E-state index in [1.807, 2.05) is 80.3 Å². The Kier molecular flexibility index (Phi) is 20.3. The number of carbonyl (C=O) groups is 2. The normalized spacial score (nSPS) is 16.5. The van der Waals surface area contributed by atoms with E-state index < -0.39 is 15.2 Å². The first-order valence-corrected chi connectivity index (χ1v) is 21.6. The monoisotopic (exact) mass is 768 g/mol. The van der Waals surface area contributed by atoms with Crippen LogP contribution in [0.1, 0.15) is 38.8 Å². The van der Waals surface area contributed by atoms with Crippen LogP contribution in [0, 0.1) is 0 Å². The molecular formula is C36H58N4O10P2. The topological polar surface area (TPSA) is 137 Å². The third kappa shape index (κ3) is 17.1. The molecule has 0 atom stereocenters. The quantitative estimate of drug-likeness (QED) is 0.130. The standard InChI is InChI=1S/C36H58N4O10P2/c1-5-47-51(43,48-6-2)31-39-23-19-37(27-35(41)45-29-33-15-11-9-12-16-33)21-25-40(32-52(44,49-7-3)50-8-4)26-22-38(20-24-39)28-36(42)46-30-34-17-13-10-14-18-34/h9-18H,5-8,19-32H2,1-4H3. The van der Waals surface area contributed by atoms with Crippen molar-refractivity contribution in [3.05, 3.63) is 71.8 Å². The average Bonchev–Trinajstić information content (AvgIpc) is 3.12. The molecule has 1 aliphatic heterocycles. The van der Waals surface area contributed by atoms with Crippen molar-refractivity contribution in [3.63, 3.8) is 0 Å². The van der Waals surface area contributed by atoms with Gasteiger partial charge in [-0.3, -0.25) is 38.3 Å². The molecular weight excluding hydrogens is 710 g/mol. The van der Waals surface area contributed by atoms with Gasteiger partial charge in [-0.15, -0.1) is 0 Å². The van der Waals surface area contributed by atoms with Crippen molar-refractivity contribution in [1.82, 2.24) is 19.6 Å². The molecule has 0 aliphatic carbocycles. The third-order valence-corrected chi connectivity index (χ3v) is 12.3. The van der Waals surface area contributed by atoms with Gasteiger partial charge in [-0.1, -0.05) is 60.7 Å². The molecule has 16 heteroatoms. The van der Waals surface area contributed by atoms with Gasteiger partial charge in [-0.2, -0.15) is 0 Å². The zero-order valence-corrected chi connectivity index (χ0v) is 33.1. The minimum atomic E-state index is -3.46. The Labute approximate surface area is 309 Å². The Morgan fingerprint density at radius 1 is 0.500 bits per heavy atom. The van der Waals surface area contributed by atoms with Crippen LogP contribution in [0.4, 0.5) is 0 Å². The Balaban J connectivity index is 1.83. The highest BCUT2D eigenvalue weighted by Crippen LogP contribution is 2.49. The molecule has 292 valence electrons. The highest BCUT2D eigenvalue weighted by atomic mass is 31.2. The van der Waals surface area contributed by atoms with Gasteiger partial charge in [0.25, 0.3) is 0 Å². The lowest BCUT2D eigenvalue weighted by Crippen LogP contribution is -2.48. The second-order valence-corrected chi connectivity index (χ2v) is 16.3. The van der Waals surface area contributed by atoms with Gasteiger partial charge in [0.2, 0.25) is 0 Å². The fraction of sp³-hybridized carbons (Fsp3) is 0.611. The van der Waals surface area contributed by atoms with E-state index in [0.29, 0.717) is 52.4 Å². The molecule has 0 unspecified atom stereocenters. The summed E-state index contributed by atoms with van der Waals surface area (Å²) in [5, 5.41) is 0. The van der Waals surface area contributed by atoms with Gasteiger partial charge >= 0.3 is 27.1 Å². The molecule has 1 heterocycles. The molecule has 1 fully saturated rings. The Morgan fingerprint density at radius 2 is 0.788 bits per heavy atom. The first kappa shape index (κ1) is 43.9. The summed E-state index contributed by atoms with van der Waals surface area (Å²) in [5.41, 5.74) is 1.78. The molecule has 1 aliphatic rings. The molecule has 52 heavy (non-hydrogen) atoms. The van der Waals surface area contributed by atoms with E-state index in [1.165, 1.54) is 0 Å². The summed E-state index contributed by atoms with van der Waals surface area (Å²) in [6.07, 6.45) is 0.0938. The summed E-state index contributed by atoms with van der Waals surface area (Å²) in [6.45, 7) is 11.8. The van der Waals surface area contributed by atoms with Crippen LogP contribution in [-0.2, 0) is 59.5 Å². The second kappa shape index (κ2) is 24.0. The molecule has 0 bridgehead atoms. The highest BCUT2D eigenvalue weighted by molar-refractivity contribution is 7.54. The summed E-state index contributed by atoms with van der Waals surface area (Å²) in [7, 11) is -6.92. The van der Waals surface area contributed by atoms with Gasteiger partial charge in [0, 0.05) is 52.4 Å². The van der Waals surface area contributed by atoms with Crippen LogP contribution in [0.2, 0.25) is 0 Å². The maximum absolute atomic E-state index is 13.7. The van der Waals surface area contributed by atoms with Crippen molar-refractivity contribution in [2.45, 2.75) is 40.9 Å². The molecule has 0 radical (unpaired) electrons. The van der Waals surface area contributed by atoms with Crippen LogP contribution in [0.3, 0.4) is 0 Å². The minimum Gasteiger partial charge on any atom is -0.460 e. The molecule has 14 nitrogen and oxygen atoms in total. The fourth-order valence-corrected chi connectivity index (χ4v) is 9.22. The lowest BCUT2D eigenvalue weighted by atomic mass is 10.2. The summed E-state index contributed by atoms with van der Waals surface area (Å²) in [5.74, 6) is -0.754. The predicted octanol–water partition coefficient (Wildman–Crippen LogP) is 5.14. The summed E-state index contributed by atoms with van der Waals surface area (Å²) < 4.78 is 61.1. The van der Waals surface area contributed by atoms with Crippen LogP contribution in [-0.4, -0.2) is 136 Å². The largest absolute Gasteiger partial charge is 0.460 e. The predicted molar refractivity (Wildman–Crippen MR) is 200 cm³/mol. The van der Waals surface area contributed by atoms with Gasteiger partial charge in [-0.25, -0.2) is 0 Å². The number of carbonyl (C=O) groups excluding carboxylic acids is 2. The summed E-state index contributed by atoms with van der Waals surface area (Å²) >= 11 is 0. The van der Waals surface area contributed by atoms with Crippen molar-refractivity contribution in [2.24, 2.45) is 0 Å². The average molecular weight is 769 g/mol. The first-order chi connectivity index (χ1) is 25.1. The van der Waals surface area contributed by atoms with Crippen molar-refractivity contribution in [1.29, 1.82) is 0 Å². The van der Waals surface area contributed by atoms with Crippen molar-refractivity contribution < 1.29 is 46.3 Å². The number of rotatable bonds is 20. The van der Waals surface area contributed by atoms with Crippen LogP contribution in [0.15, 0.2) is 60.7 Å². The molecule has 0 aromatic heterocycles. The highest BCUT2D eigenvalue weighted by Gasteiger charge is 2.31. The number of esters is 2. The number of benzene rings is 2. The zero-order valence-electron chi connectivity index (χ0n) is 31.3. The number of nitrogens with zero attached hydrogens (tertiary/aromatic N) is 4. The van der Waals surface area contributed by atoms with Gasteiger partial charge in [0.05, 0.1) is 39.5 Å². The number of hydrogen-bond donors (Lipinski definition) is 0. The third-order valence-electron chi connectivity index (χ3n) is 8.17. The zero-order chi connectivity index (χ0) is 37.7. The van der Waals surface area contributed by atoms with Crippen LogP contribution >= 0.6 is 15.2 Å².